The molecule has 2 aromatic heterocycles. The van der Waals surface area contributed by atoms with Crippen molar-refractivity contribution in [1.29, 1.82) is 0 Å². The molecule has 0 saturated carbocycles. The van der Waals surface area contributed by atoms with E-state index in [2.05, 4.69) is 34.2 Å². The summed E-state index contributed by atoms with van der Waals surface area (Å²) in [7, 11) is 0. The topological polar surface area (TPSA) is 75.0 Å². The summed E-state index contributed by atoms with van der Waals surface area (Å²) in [6.45, 7) is 5.17. The first-order valence-corrected chi connectivity index (χ1v) is 8.76. The van der Waals surface area contributed by atoms with Crippen molar-refractivity contribution in [3.8, 4) is 0 Å². The average Bonchev–Trinajstić information content (AvgIpc) is 3.21. The lowest BCUT2D eigenvalue weighted by Gasteiger charge is -2.29. The number of piperidine rings is 1. The van der Waals surface area contributed by atoms with E-state index in [1.54, 1.807) is 6.92 Å². The number of nitrogens with zero attached hydrogens (tertiary/aromatic N) is 3. The van der Waals surface area contributed by atoms with Gasteiger partial charge in [-0.15, -0.1) is 0 Å². The van der Waals surface area contributed by atoms with Crippen LogP contribution < -0.4 is 0 Å². The maximum Gasteiger partial charge on any atom is 0.231 e. The molecule has 6 heteroatoms. The number of likely N-dealkylation sites (tertiary alicyclic amines) is 1. The first-order valence-electron chi connectivity index (χ1n) is 8.76. The molecule has 25 heavy (non-hydrogen) atoms. The number of para-hydroxylation sites is 1. The van der Waals surface area contributed by atoms with E-state index in [0.717, 1.165) is 30.6 Å². The Labute approximate surface area is 146 Å². The van der Waals surface area contributed by atoms with Gasteiger partial charge in [0.2, 0.25) is 11.8 Å². The maximum atomic E-state index is 11.6. The van der Waals surface area contributed by atoms with Gasteiger partial charge in [0.1, 0.15) is 0 Å². The number of hydrogen-bond donors (Lipinski definition) is 1. The number of carbonyl (C=O) groups is 1. The number of carbonyl (C=O) groups excluding carboxylic acids is 1. The number of fused-ring (bicyclic) bond motifs is 1. The minimum atomic E-state index is 0.110. The monoisotopic (exact) mass is 338 g/mol. The maximum absolute atomic E-state index is 11.6. The van der Waals surface area contributed by atoms with Crippen LogP contribution in [-0.2, 0) is 11.2 Å². The highest BCUT2D eigenvalue weighted by Crippen LogP contribution is 2.27. The summed E-state index contributed by atoms with van der Waals surface area (Å²) in [4.78, 5) is 21.5. The zero-order valence-corrected chi connectivity index (χ0v) is 14.6. The summed E-state index contributed by atoms with van der Waals surface area (Å²) >= 11 is 0. The molecule has 1 N–H and O–H groups in total. The molecule has 0 radical (unpaired) electrons. The quantitative estimate of drug-likeness (QED) is 0.796. The molecule has 1 aliphatic rings. The number of benzene rings is 1. The van der Waals surface area contributed by atoms with Crippen LogP contribution in [-0.4, -0.2) is 39.0 Å². The third kappa shape index (κ3) is 3.04. The highest BCUT2D eigenvalue weighted by molar-refractivity contribution is 5.84. The van der Waals surface area contributed by atoms with Crippen molar-refractivity contribution < 1.29 is 9.32 Å². The molecule has 1 aliphatic heterocycles. The van der Waals surface area contributed by atoms with Crippen LogP contribution in [0.3, 0.4) is 0 Å². The molecule has 3 aromatic rings. The van der Waals surface area contributed by atoms with Gasteiger partial charge in [0.05, 0.1) is 5.92 Å². The van der Waals surface area contributed by atoms with Gasteiger partial charge in [0.25, 0.3) is 0 Å². The predicted molar refractivity (Wildman–Crippen MR) is 94.4 cm³/mol. The lowest BCUT2D eigenvalue weighted by atomic mass is 9.98. The third-order valence-corrected chi connectivity index (χ3v) is 5.06. The Bertz CT molecular complexity index is 911. The number of hydrogen-bond acceptors (Lipinski definition) is 4. The van der Waals surface area contributed by atoms with Crippen molar-refractivity contribution in [3.05, 3.63) is 47.2 Å². The molecule has 1 amide bonds. The molecule has 0 spiro atoms. The summed E-state index contributed by atoms with van der Waals surface area (Å²) < 4.78 is 5.52. The van der Waals surface area contributed by atoms with E-state index in [1.165, 1.54) is 10.9 Å². The van der Waals surface area contributed by atoms with Gasteiger partial charge in [-0.3, -0.25) is 4.79 Å². The second-order valence-electron chi connectivity index (χ2n) is 6.80. The molecule has 1 atom stereocenters. The van der Waals surface area contributed by atoms with Crippen molar-refractivity contribution in [1.82, 2.24) is 20.0 Å². The fourth-order valence-electron chi connectivity index (χ4n) is 3.69. The first kappa shape index (κ1) is 15.9. The van der Waals surface area contributed by atoms with Gasteiger partial charge < -0.3 is 14.4 Å². The van der Waals surface area contributed by atoms with Crippen molar-refractivity contribution >= 4 is 16.8 Å². The van der Waals surface area contributed by atoms with E-state index in [9.17, 15) is 4.79 Å². The van der Waals surface area contributed by atoms with Gasteiger partial charge in [-0.2, -0.15) is 4.98 Å². The predicted octanol–water partition coefficient (Wildman–Crippen LogP) is 3.18. The molecular weight excluding hydrogens is 316 g/mol. The van der Waals surface area contributed by atoms with Gasteiger partial charge in [0.15, 0.2) is 5.82 Å². The first-order chi connectivity index (χ1) is 12.1. The fourth-order valence-corrected chi connectivity index (χ4v) is 3.69. The highest BCUT2D eigenvalue weighted by Gasteiger charge is 2.27. The summed E-state index contributed by atoms with van der Waals surface area (Å²) in [5.41, 5.74) is 3.47. The molecule has 0 bridgehead atoms. The lowest BCUT2D eigenvalue weighted by molar-refractivity contribution is -0.130. The van der Waals surface area contributed by atoms with Crippen molar-refractivity contribution in [2.45, 2.75) is 39.0 Å². The average molecular weight is 338 g/mol. The summed E-state index contributed by atoms with van der Waals surface area (Å²) in [6, 6.07) is 8.25. The Morgan fingerprint density at radius 2 is 2.24 bits per heavy atom. The molecule has 1 saturated heterocycles. The lowest BCUT2D eigenvalue weighted by Crippen LogP contribution is -2.37. The van der Waals surface area contributed by atoms with E-state index < -0.39 is 0 Å². The van der Waals surface area contributed by atoms with Crippen molar-refractivity contribution in [2.75, 3.05) is 13.1 Å². The minimum absolute atomic E-state index is 0.110. The van der Waals surface area contributed by atoms with Crippen LogP contribution in [0.5, 0.6) is 0 Å². The summed E-state index contributed by atoms with van der Waals surface area (Å²) in [5.74, 6) is 1.60. The Morgan fingerprint density at radius 3 is 3.08 bits per heavy atom. The third-order valence-electron chi connectivity index (χ3n) is 5.06. The summed E-state index contributed by atoms with van der Waals surface area (Å²) in [6.07, 6.45) is 2.60. The van der Waals surface area contributed by atoms with E-state index in [-0.39, 0.29) is 11.8 Å². The molecule has 4 rings (SSSR count). The van der Waals surface area contributed by atoms with Gasteiger partial charge in [-0.05, 0) is 31.4 Å². The van der Waals surface area contributed by atoms with Crippen molar-refractivity contribution in [2.24, 2.45) is 0 Å². The number of amides is 1. The SMILES string of the molecule is CC(=O)N1CCC[C@H](c2nc(Cc3c(C)[nH]c4ccccc34)no2)C1. The fraction of sp³-hybridized carbons (Fsp3) is 0.421. The number of aromatic nitrogens is 3. The van der Waals surface area contributed by atoms with Crippen LogP contribution in [0, 0.1) is 6.92 Å². The normalized spacial score (nSPS) is 18.0. The Kier molecular flexibility index (Phi) is 4.03. The van der Waals surface area contributed by atoms with Gasteiger partial charge >= 0.3 is 0 Å². The summed E-state index contributed by atoms with van der Waals surface area (Å²) in [5, 5.41) is 5.38. The van der Waals surface area contributed by atoms with Gasteiger partial charge in [-0.25, -0.2) is 0 Å². The van der Waals surface area contributed by atoms with Crippen LogP contribution in [0.4, 0.5) is 0 Å². The number of H-pyrrole nitrogens is 1. The smallest absolute Gasteiger partial charge is 0.231 e. The van der Waals surface area contributed by atoms with E-state index in [4.69, 9.17) is 4.52 Å². The van der Waals surface area contributed by atoms with Crippen LogP contribution in [0.1, 0.15) is 48.7 Å². The molecule has 0 aliphatic carbocycles. The second-order valence-corrected chi connectivity index (χ2v) is 6.80. The molecule has 1 aromatic carbocycles. The zero-order chi connectivity index (χ0) is 17.4. The Balaban J connectivity index is 1.55. The number of nitrogens with one attached hydrogen (secondary N) is 1. The van der Waals surface area contributed by atoms with E-state index in [0.29, 0.717) is 24.7 Å². The molecule has 6 nitrogen and oxygen atoms in total. The molecule has 3 heterocycles. The van der Waals surface area contributed by atoms with Gasteiger partial charge in [0, 0.05) is 43.0 Å². The largest absolute Gasteiger partial charge is 0.358 e. The second kappa shape index (κ2) is 6.35. The molecule has 130 valence electrons. The van der Waals surface area contributed by atoms with Crippen LogP contribution >= 0.6 is 0 Å². The number of aromatic amines is 1. The van der Waals surface area contributed by atoms with Crippen LogP contribution in [0.15, 0.2) is 28.8 Å². The van der Waals surface area contributed by atoms with E-state index >= 15 is 0 Å². The van der Waals surface area contributed by atoms with E-state index in [1.807, 2.05) is 17.0 Å². The Hall–Kier alpha value is -2.63. The molecule has 0 unspecified atom stereocenters. The molecule has 1 fully saturated rings. The highest BCUT2D eigenvalue weighted by atomic mass is 16.5. The molecular formula is C19H22N4O2. The number of rotatable bonds is 3. The Morgan fingerprint density at radius 1 is 1.40 bits per heavy atom. The number of aryl methyl sites for hydroxylation is 1. The zero-order valence-electron chi connectivity index (χ0n) is 14.6. The van der Waals surface area contributed by atoms with Crippen molar-refractivity contribution in [3.63, 3.8) is 0 Å². The standard InChI is InChI=1S/C19H22N4O2/c1-12-16(15-7-3-4-8-17(15)20-12)10-18-21-19(25-22-18)14-6-5-9-23(11-14)13(2)24/h3-4,7-8,14,20H,5-6,9-11H2,1-2H3/t14-/m0/s1. The van der Waals surface area contributed by atoms with Gasteiger partial charge in [-0.1, -0.05) is 23.4 Å². The minimum Gasteiger partial charge on any atom is -0.358 e. The van der Waals surface area contributed by atoms with Crippen LogP contribution in [0.25, 0.3) is 10.9 Å². The van der Waals surface area contributed by atoms with Crippen LogP contribution in [0.2, 0.25) is 0 Å².